The number of rotatable bonds is 9. The summed E-state index contributed by atoms with van der Waals surface area (Å²) >= 11 is 0. The number of nitrogens with zero attached hydrogens (tertiary/aromatic N) is 4. The van der Waals surface area contributed by atoms with Crippen molar-refractivity contribution in [3.05, 3.63) is 105 Å². The van der Waals surface area contributed by atoms with E-state index in [9.17, 15) is 9.59 Å². The molecule has 0 unspecified atom stereocenters. The first kappa shape index (κ1) is 24.6. The van der Waals surface area contributed by atoms with Gasteiger partial charge < -0.3 is 10.6 Å². The molecule has 0 saturated heterocycles. The van der Waals surface area contributed by atoms with Crippen molar-refractivity contribution in [2.24, 2.45) is 7.05 Å². The Hall–Kier alpha value is -4.04. The maximum atomic E-state index is 13.5. The van der Waals surface area contributed by atoms with Gasteiger partial charge in [-0.25, -0.2) is 0 Å². The third-order valence-corrected chi connectivity index (χ3v) is 6.80. The first-order valence-electron chi connectivity index (χ1n) is 12.8. The van der Waals surface area contributed by atoms with Gasteiger partial charge in [0, 0.05) is 31.9 Å². The Kier molecular flexibility index (Phi) is 7.56. The van der Waals surface area contributed by atoms with Crippen LogP contribution < -0.4 is 16.2 Å². The van der Waals surface area contributed by atoms with E-state index < -0.39 is 0 Å². The van der Waals surface area contributed by atoms with Crippen LogP contribution in [0.15, 0.2) is 71.9 Å². The van der Waals surface area contributed by atoms with Gasteiger partial charge in [0.1, 0.15) is 12.2 Å². The van der Waals surface area contributed by atoms with Gasteiger partial charge in [-0.1, -0.05) is 48.5 Å². The number of fused-ring (bicyclic) bond motifs is 1. The number of carbonyl (C=O) groups is 1. The summed E-state index contributed by atoms with van der Waals surface area (Å²) in [5, 5.41) is 10.6. The van der Waals surface area contributed by atoms with Crippen LogP contribution >= 0.6 is 0 Å². The Morgan fingerprint density at radius 2 is 1.92 bits per heavy atom. The average Bonchev–Trinajstić information content (AvgIpc) is 3.36. The highest BCUT2D eigenvalue weighted by molar-refractivity contribution is 5.76. The highest BCUT2D eigenvalue weighted by Crippen LogP contribution is 2.18. The van der Waals surface area contributed by atoms with Crippen LogP contribution in [0.5, 0.6) is 0 Å². The molecule has 0 saturated carbocycles. The zero-order valence-corrected chi connectivity index (χ0v) is 21.1. The second-order valence-electron chi connectivity index (χ2n) is 9.53. The predicted octanol–water partition coefficient (Wildman–Crippen LogP) is 2.78. The molecular weight excluding hydrogens is 464 g/mol. The van der Waals surface area contributed by atoms with Gasteiger partial charge in [0.2, 0.25) is 5.91 Å². The van der Waals surface area contributed by atoms with Gasteiger partial charge >= 0.3 is 0 Å². The largest absolute Gasteiger partial charge is 0.350 e. The smallest absolute Gasteiger partial charge is 0.273 e. The zero-order chi connectivity index (χ0) is 25.6. The molecule has 1 aliphatic heterocycles. The summed E-state index contributed by atoms with van der Waals surface area (Å²) in [6.45, 7) is 2.20. The first-order valence-corrected chi connectivity index (χ1v) is 12.8. The fraction of sp³-hybridized carbons (Fsp3) is 0.310. The predicted molar refractivity (Wildman–Crippen MR) is 143 cm³/mol. The van der Waals surface area contributed by atoms with Crippen LogP contribution in [-0.4, -0.2) is 31.8 Å². The second kappa shape index (κ2) is 11.3. The highest BCUT2D eigenvalue weighted by Gasteiger charge is 2.16. The molecule has 2 aromatic carbocycles. The molecule has 0 spiro atoms. The Morgan fingerprint density at radius 1 is 1.05 bits per heavy atom. The number of carbonyl (C=O) groups excluding carboxylic acids is 1. The van der Waals surface area contributed by atoms with Crippen molar-refractivity contribution >= 4 is 5.91 Å². The van der Waals surface area contributed by atoms with Crippen molar-refractivity contribution < 1.29 is 4.79 Å². The number of hydrogen-bond donors (Lipinski definition) is 2. The molecule has 0 aliphatic carbocycles. The third kappa shape index (κ3) is 6.03. The lowest BCUT2D eigenvalue weighted by atomic mass is 9.98. The second-order valence-corrected chi connectivity index (χ2v) is 9.53. The average molecular weight is 497 g/mol. The number of amides is 1. The molecule has 1 amide bonds. The summed E-state index contributed by atoms with van der Waals surface area (Å²) in [5.74, 6) is -0.215. The normalized spacial score (nSPS) is 12.8. The van der Waals surface area contributed by atoms with Gasteiger partial charge in [0.05, 0.1) is 18.1 Å². The molecule has 1 aliphatic rings. The number of nitrogens with one attached hydrogen (secondary N) is 2. The Bertz CT molecular complexity index is 1440. The van der Waals surface area contributed by atoms with Gasteiger partial charge in [0.15, 0.2) is 0 Å². The summed E-state index contributed by atoms with van der Waals surface area (Å²) in [5.41, 5.74) is 6.50. The van der Waals surface area contributed by atoms with Crippen LogP contribution in [0.1, 0.15) is 34.4 Å². The summed E-state index contributed by atoms with van der Waals surface area (Å²) < 4.78 is 3.19. The van der Waals surface area contributed by atoms with E-state index in [1.165, 1.54) is 21.3 Å². The standard InChI is InChI=1S/C29H32N6O2/c1-34-19-25(17-33-34)27-18-31-26(9-5-8-21-6-3-2-4-7-21)29(37)35(27)20-28(36)32-15-22-10-11-24-16-30-13-12-23(24)14-22/h2-4,6-7,10-11,14,17-19,30H,5,8-9,12-13,15-16,20H2,1H3,(H,32,36). The minimum Gasteiger partial charge on any atom is -0.350 e. The van der Waals surface area contributed by atoms with Crippen molar-refractivity contribution in [3.63, 3.8) is 0 Å². The van der Waals surface area contributed by atoms with E-state index in [2.05, 4.69) is 51.0 Å². The molecule has 0 fully saturated rings. The fourth-order valence-corrected chi connectivity index (χ4v) is 4.79. The topological polar surface area (TPSA) is 93.8 Å². The molecule has 8 heteroatoms. The highest BCUT2D eigenvalue weighted by atomic mass is 16.2. The fourth-order valence-electron chi connectivity index (χ4n) is 4.79. The lowest BCUT2D eigenvalue weighted by Gasteiger charge is -2.18. The molecular formula is C29H32N6O2. The third-order valence-electron chi connectivity index (χ3n) is 6.80. The first-order chi connectivity index (χ1) is 18.1. The molecule has 4 aromatic rings. The molecule has 0 bridgehead atoms. The quantitative estimate of drug-likeness (QED) is 0.372. The van der Waals surface area contributed by atoms with E-state index in [-0.39, 0.29) is 18.0 Å². The molecule has 0 atom stereocenters. The van der Waals surface area contributed by atoms with Crippen LogP contribution in [0.3, 0.4) is 0 Å². The number of hydrogen-bond acceptors (Lipinski definition) is 5. The van der Waals surface area contributed by atoms with E-state index in [0.717, 1.165) is 43.5 Å². The van der Waals surface area contributed by atoms with E-state index in [1.807, 2.05) is 31.4 Å². The van der Waals surface area contributed by atoms with E-state index >= 15 is 0 Å². The van der Waals surface area contributed by atoms with Crippen molar-refractivity contribution in [1.82, 2.24) is 30.0 Å². The van der Waals surface area contributed by atoms with Crippen LogP contribution in [0, 0.1) is 0 Å². The zero-order valence-electron chi connectivity index (χ0n) is 21.1. The molecule has 5 rings (SSSR count). The molecule has 8 nitrogen and oxygen atoms in total. The van der Waals surface area contributed by atoms with Crippen molar-refractivity contribution in [2.45, 2.75) is 45.3 Å². The molecule has 0 radical (unpaired) electrons. The van der Waals surface area contributed by atoms with Gasteiger partial charge in [-0.05, 0) is 54.5 Å². The van der Waals surface area contributed by atoms with Crippen LogP contribution in [-0.2, 0) is 50.7 Å². The number of benzene rings is 2. The monoisotopic (exact) mass is 496 g/mol. The van der Waals surface area contributed by atoms with Crippen LogP contribution in [0.25, 0.3) is 11.3 Å². The molecule has 190 valence electrons. The lowest BCUT2D eigenvalue weighted by molar-refractivity contribution is -0.121. The molecule has 2 N–H and O–H groups in total. The Labute approximate surface area is 216 Å². The van der Waals surface area contributed by atoms with Gasteiger partial charge in [-0.15, -0.1) is 0 Å². The maximum absolute atomic E-state index is 13.5. The SMILES string of the molecule is Cn1cc(-c2cnc(CCCc3ccccc3)c(=O)n2CC(=O)NCc2ccc3c(c2)CCNC3)cn1. The van der Waals surface area contributed by atoms with Crippen molar-refractivity contribution in [3.8, 4) is 11.3 Å². The molecule has 37 heavy (non-hydrogen) atoms. The Morgan fingerprint density at radius 3 is 2.73 bits per heavy atom. The summed E-state index contributed by atoms with van der Waals surface area (Å²) in [4.78, 5) is 31.0. The van der Waals surface area contributed by atoms with E-state index in [4.69, 9.17) is 0 Å². The minimum atomic E-state index is -0.231. The number of aryl methyl sites for hydroxylation is 3. The van der Waals surface area contributed by atoms with E-state index in [0.29, 0.717) is 24.4 Å². The van der Waals surface area contributed by atoms with Gasteiger partial charge in [-0.3, -0.25) is 23.8 Å². The molecule has 3 heterocycles. The Balaban J connectivity index is 1.31. The van der Waals surface area contributed by atoms with Gasteiger partial charge in [0.25, 0.3) is 5.56 Å². The summed E-state index contributed by atoms with van der Waals surface area (Å²) in [6.07, 6.45) is 8.39. The van der Waals surface area contributed by atoms with Crippen LogP contribution in [0.4, 0.5) is 0 Å². The van der Waals surface area contributed by atoms with Crippen LogP contribution in [0.2, 0.25) is 0 Å². The van der Waals surface area contributed by atoms with Crippen molar-refractivity contribution in [2.75, 3.05) is 6.54 Å². The summed E-state index contributed by atoms with van der Waals surface area (Å²) in [7, 11) is 1.82. The minimum absolute atomic E-state index is 0.0773. The molecule has 2 aromatic heterocycles. The maximum Gasteiger partial charge on any atom is 0.273 e. The summed E-state index contributed by atoms with van der Waals surface area (Å²) in [6, 6.07) is 16.5. The number of aromatic nitrogens is 4. The van der Waals surface area contributed by atoms with Crippen molar-refractivity contribution in [1.29, 1.82) is 0 Å². The van der Waals surface area contributed by atoms with E-state index in [1.54, 1.807) is 17.1 Å². The lowest BCUT2D eigenvalue weighted by Crippen LogP contribution is -2.34. The van der Waals surface area contributed by atoms with Gasteiger partial charge in [-0.2, -0.15) is 5.10 Å².